The van der Waals surface area contributed by atoms with Gasteiger partial charge in [-0.1, -0.05) is 17.7 Å². The molecule has 1 aliphatic rings. The number of hydrogen-bond acceptors (Lipinski definition) is 5. The van der Waals surface area contributed by atoms with E-state index in [0.29, 0.717) is 21.0 Å². The van der Waals surface area contributed by atoms with Crippen molar-refractivity contribution in [1.29, 1.82) is 5.26 Å². The molecule has 5 nitrogen and oxygen atoms in total. The second-order valence-corrected chi connectivity index (χ2v) is 9.90. The van der Waals surface area contributed by atoms with Crippen LogP contribution in [0.4, 0.5) is 4.39 Å². The number of nitriles is 1. The van der Waals surface area contributed by atoms with Crippen LogP contribution in [0.3, 0.4) is 0 Å². The number of rotatable bonds is 2. The van der Waals surface area contributed by atoms with Crippen LogP contribution in [0.5, 0.6) is 0 Å². The lowest BCUT2D eigenvalue weighted by molar-refractivity contribution is 0.522. The maximum Gasteiger partial charge on any atom is 0.203 e. The van der Waals surface area contributed by atoms with E-state index in [9.17, 15) is 8.60 Å². The lowest BCUT2D eigenvalue weighted by Crippen LogP contribution is -2.50. The van der Waals surface area contributed by atoms with Crippen molar-refractivity contribution in [2.75, 3.05) is 12.8 Å². The first kappa shape index (κ1) is 18.7. The van der Waals surface area contributed by atoms with E-state index in [2.05, 4.69) is 10.9 Å². The van der Waals surface area contributed by atoms with Gasteiger partial charge in [0.15, 0.2) is 0 Å². The Morgan fingerprint density at radius 2 is 2.27 bits per heavy atom. The van der Waals surface area contributed by atoms with Crippen LogP contribution in [0.15, 0.2) is 28.6 Å². The number of benzene rings is 1. The minimum atomic E-state index is -2.62. The molecule has 0 saturated heterocycles. The van der Waals surface area contributed by atoms with E-state index in [-0.39, 0.29) is 17.3 Å². The summed E-state index contributed by atoms with van der Waals surface area (Å²) in [6.45, 7) is 1.81. The molecule has 9 heteroatoms. The summed E-state index contributed by atoms with van der Waals surface area (Å²) in [6, 6.07) is 6.07. The van der Waals surface area contributed by atoms with Crippen molar-refractivity contribution in [2.24, 2.45) is 10.7 Å². The summed E-state index contributed by atoms with van der Waals surface area (Å²) in [5.74, 6) is 3.51. The fraction of sp³-hybridized carbons (Fsp3) is 0.235. The molecule has 136 valence electrons. The summed E-state index contributed by atoms with van der Waals surface area (Å²) >= 11 is 7.95. The molecule has 1 aromatic heterocycles. The molecule has 1 aromatic carbocycles. The molecular formula is C17H16ClFN4OS2. The van der Waals surface area contributed by atoms with Crippen LogP contribution in [0.2, 0.25) is 5.02 Å². The molecule has 26 heavy (non-hydrogen) atoms. The van der Waals surface area contributed by atoms with E-state index in [1.807, 2.05) is 18.4 Å². The van der Waals surface area contributed by atoms with E-state index < -0.39 is 21.1 Å². The van der Waals surface area contributed by atoms with Gasteiger partial charge in [-0.2, -0.15) is 5.26 Å². The Hall–Kier alpha value is -2.08. The van der Waals surface area contributed by atoms with Crippen molar-refractivity contribution < 1.29 is 8.60 Å². The van der Waals surface area contributed by atoms with Gasteiger partial charge in [0.2, 0.25) is 5.96 Å². The predicted molar refractivity (Wildman–Crippen MR) is 106 cm³/mol. The highest BCUT2D eigenvalue weighted by Gasteiger charge is 2.39. The zero-order chi connectivity index (χ0) is 19.3. The standard InChI is InChI=1S/C17H16ClFN4OS2/c1-17(9-26(3,24)23(2)16(21)22-17)15-14(18)12(8-25-15)10-4-5-13(19)11(6-10)7-20/h4-6,8H,3,9H2,1-2H3,(H2,21,22)/t17-,26?/m0/s1. The van der Waals surface area contributed by atoms with Crippen LogP contribution in [0, 0.1) is 17.1 Å². The number of halogens is 2. The lowest BCUT2D eigenvalue weighted by Gasteiger charge is -2.36. The van der Waals surface area contributed by atoms with Gasteiger partial charge in [-0.15, -0.1) is 11.3 Å². The van der Waals surface area contributed by atoms with E-state index in [1.165, 1.54) is 27.8 Å². The van der Waals surface area contributed by atoms with E-state index in [4.69, 9.17) is 22.6 Å². The van der Waals surface area contributed by atoms with E-state index >= 15 is 0 Å². The maximum absolute atomic E-state index is 13.6. The Morgan fingerprint density at radius 3 is 2.88 bits per heavy atom. The molecule has 0 amide bonds. The Kier molecular flexibility index (Phi) is 4.51. The molecule has 3 rings (SSSR count). The highest BCUT2D eigenvalue weighted by molar-refractivity contribution is 7.98. The summed E-state index contributed by atoms with van der Waals surface area (Å²) in [5.41, 5.74) is 6.28. The van der Waals surface area contributed by atoms with Crippen molar-refractivity contribution in [1.82, 2.24) is 4.31 Å². The minimum Gasteiger partial charge on any atom is -0.369 e. The first-order chi connectivity index (χ1) is 12.1. The summed E-state index contributed by atoms with van der Waals surface area (Å²) in [5, 5.41) is 11.3. The lowest BCUT2D eigenvalue weighted by atomic mass is 10.00. The Morgan fingerprint density at radius 1 is 1.58 bits per heavy atom. The topological polar surface area (TPSA) is 82.5 Å². The molecular weight excluding hydrogens is 395 g/mol. The van der Waals surface area contributed by atoms with E-state index in [1.54, 1.807) is 13.1 Å². The molecule has 0 radical (unpaired) electrons. The number of thiophene rings is 1. The normalized spacial score (nSPS) is 25.7. The third kappa shape index (κ3) is 2.96. The van der Waals surface area contributed by atoms with Crippen molar-refractivity contribution in [3.63, 3.8) is 0 Å². The molecule has 0 saturated carbocycles. The average molecular weight is 411 g/mol. The van der Waals surface area contributed by atoms with Gasteiger partial charge in [-0.25, -0.2) is 13.6 Å². The van der Waals surface area contributed by atoms with Crippen molar-refractivity contribution in [2.45, 2.75) is 12.5 Å². The summed E-state index contributed by atoms with van der Waals surface area (Å²) < 4.78 is 27.7. The first-order valence-corrected chi connectivity index (χ1v) is 10.6. The molecule has 2 aromatic rings. The van der Waals surface area contributed by atoms with Gasteiger partial charge < -0.3 is 5.73 Å². The van der Waals surface area contributed by atoms with Gasteiger partial charge in [-0.05, 0) is 30.5 Å². The molecule has 0 fully saturated rings. The third-order valence-electron chi connectivity index (χ3n) is 4.31. The Balaban J connectivity index is 2.12. The third-order valence-corrected chi connectivity index (χ3v) is 8.24. The van der Waals surface area contributed by atoms with Crippen LogP contribution in [-0.4, -0.2) is 33.1 Å². The quantitative estimate of drug-likeness (QED) is 0.772. The number of nitrogens with zero attached hydrogens (tertiary/aromatic N) is 3. The molecule has 2 atom stereocenters. The van der Waals surface area contributed by atoms with Crippen LogP contribution < -0.4 is 5.73 Å². The number of aliphatic imine (C=N–C) groups is 1. The van der Waals surface area contributed by atoms with Crippen molar-refractivity contribution in [3.05, 3.63) is 44.9 Å². The van der Waals surface area contributed by atoms with Crippen molar-refractivity contribution in [3.8, 4) is 17.2 Å². The largest absolute Gasteiger partial charge is 0.369 e. The molecule has 1 unspecified atom stereocenters. The highest BCUT2D eigenvalue weighted by atomic mass is 35.5. The molecule has 2 heterocycles. The number of nitrogens with two attached hydrogens (primary N) is 1. The second kappa shape index (κ2) is 6.27. The maximum atomic E-state index is 13.6. The molecule has 0 aliphatic carbocycles. The molecule has 2 N–H and O–H groups in total. The zero-order valence-corrected chi connectivity index (χ0v) is 16.5. The van der Waals surface area contributed by atoms with Gasteiger partial charge in [-0.3, -0.25) is 4.31 Å². The van der Waals surface area contributed by atoms with Gasteiger partial charge in [0.25, 0.3) is 0 Å². The highest BCUT2D eigenvalue weighted by Crippen LogP contribution is 2.44. The van der Waals surface area contributed by atoms with Crippen LogP contribution in [-0.2, 0) is 15.2 Å². The smallest absolute Gasteiger partial charge is 0.203 e. The van der Waals surface area contributed by atoms with Crippen molar-refractivity contribution >= 4 is 44.5 Å². The van der Waals surface area contributed by atoms with Crippen LogP contribution in [0.1, 0.15) is 17.4 Å². The predicted octanol–water partition coefficient (Wildman–Crippen LogP) is 3.19. The minimum absolute atomic E-state index is 0.0557. The van der Waals surface area contributed by atoms with Gasteiger partial charge in [0, 0.05) is 18.0 Å². The fourth-order valence-corrected chi connectivity index (χ4v) is 6.25. The second-order valence-electron chi connectivity index (χ2n) is 6.26. The Bertz CT molecular complexity index is 1070. The average Bonchev–Trinajstić information content (AvgIpc) is 2.95. The molecule has 1 aliphatic heterocycles. The Labute approximate surface area is 160 Å². The van der Waals surface area contributed by atoms with Gasteiger partial charge in [0.1, 0.15) is 17.4 Å². The zero-order valence-electron chi connectivity index (χ0n) is 14.1. The monoisotopic (exact) mass is 410 g/mol. The summed E-state index contributed by atoms with van der Waals surface area (Å²) in [7, 11) is -1.03. The summed E-state index contributed by atoms with van der Waals surface area (Å²) in [6.07, 6.45) is 0. The fourth-order valence-electron chi connectivity index (χ4n) is 2.86. The number of hydrogen-bond donors (Lipinski definition) is 1. The SMILES string of the molecule is C=S1(=O)C[C@@](C)(c2scc(-c3ccc(F)c(C#N)c3)c2Cl)N=C(N)N1C. The van der Waals surface area contributed by atoms with Gasteiger partial charge in [0.05, 0.1) is 30.9 Å². The molecule has 0 bridgehead atoms. The van der Waals surface area contributed by atoms with Gasteiger partial charge >= 0.3 is 0 Å². The van der Waals surface area contributed by atoms with Crippen LogP contribution >= 0.6 is 22.9 Å². The summed E-state index contributed by atoms with van der Waals surface area (Å²) in [4.78, 5) is 5.19. The number of guanidine groups is 1. The first-order valence-electron chi connectivity index (χ1n) is 7.50. The molecule has 0 spiro atoms. The van der Waals surface area contributed by atoms with E-state index in [0.717, 1.165) is 0 Å². The van der Waals surface area contributed by atoms with Crippen LogP contribution in [0.25, 0.3) is 11.1 Å².